The van der Waals surface area contributed by atoms with Crippen LogP contribution in [0.4, 0.5) is 5.13 Å². The molecule has 4 rings (SSSR count). The van der Waals surface area contributed by atoms with E-state index in [1.807, 2.05) is 7.05 Å². The Morgan fingerprint density at radius 2 is 2.04 bits per heavy atom. The molecule has 1 aliphatic heterocycles. The zero-order valence-electron chi connectivity index (χ0n) is 16.2. The molecule has 2 N–H and O–H groups in total. The molecule has 0 unspecified atom stereocenters. The van der Waals surface area contributed by atoms with Gasteiger partial charge in [0.15, 0.2) is 5.96 Å². The van der Waals surface area contributed by atoms with E-state index in [1.165, 1.54) is 22.4 Å². The summed E-state index contributed by atoms with van der Waals surface area (Å²) in [5.74, 6) is 1.88. The van der Waals surface area contributed by atoms with Crippen LogP contribution in [0.15, 0.2) is 35.3 Å². The van der Waals surface area contributed by atoms with Gasteiger partial charge in [-0.2, -0.15) is 4.37 Å². The zero-order chi connectivity index (χ0) is 18.6. The van der Waals surface area contributed by atoms with Crippen LogP contribution in [0.2, 0.25) is 0 Å². The van der Waals surface area contributed by atoms with Crippen LogP contribution in [0.1, 0.15) is 18.4 Å². The van der Waals surface area contributed by atoms with Gasteiger partial charge in [-0.1, -0.05) is 25.1 Å². The fourth-order valence-electron chi connectivity index (χ4n) is 3.36. The second-order valence-electron chi connectivity index (χ2n) is 6.60. The first-order valence-electron chi connectivity index (χ1n) is 9.36. The van der Waals surface area contributed by atoms with Gasteiger partial charge in [0.1, 0.15) is 5.82 Å². The van der Waals surface area contributed by atoms with Crippen LogP contribution in [0, 0.1) is 0 Å². The summed E-state index contributed by atoms with van der Waals surface area (Å²) in [6.07, 6.45) is 0.890. The number of halogens is 1. The molecule has 0 spiro atoms. The highest BCUT2D eigenvalue weighted by Gasteiger charge is 2.22. The third-order valence-corrected chi connectivity index (χ3v) is 5.67. The van der Waals surface area contributed by atoms with Crippen molar-refractivity contribution in [2.45, 2.75) is 19.9 Å². The lowest BCUT2D eigenvalue weighted by Gasteiger charge is -2.36. The van der Waals surface area contributed by atoms with E-state index in [2.05, 4.69) is 71.7 Å². The van der Waals surface area contributed by atoms with Crippen molar-refractivity contribution in [2.24, 2.45) is 4.99 Å². The largest absolute Gasteiger partial charge is 0.357 e. The van der Waals surface area contributed by atoms with Gasteiger partial charge in [-0.25, -0.2) is 4.98 Å². The van der Waals surface area contributed by atoms with Crippen LogP contribution >= 0.6 is 35.5 Å². The van der Waals surface area contributed by atoms with Crippen molar-refractivity contribution < 1.29 is 0 Å². The molecule has 0 bridgehead atoms. The summed E-state index contributed by atoms with van der Waals surface area (Å²) in [6.45, 7) is 6.54. The predicted molar refractivity (Wildman–Crippen MR) is 127 cm³/mol. The fourth-order valence-corrected chi connectivity index (χ4v) is 4.16. The molecule has 9 heteroatoms. The maximum absolute atomic E-state index is 4.60. The third kappa shape index (κ3) is 4.57. The Morgan fingerprint density at radius 3 is 2.71 bits per heavy atom. The lowest BCUT2D eigenvalue weighted by Crippen LogP contribution is -2.52. The number of hydrogen-bond donors (Lipinski definition) is 2. The van der Waals surface area contributed by atoms with E-state index in [0.29, 0.717) is 0 Å². The molecular formula is C19H26IN7S. The Hall–Kier alpha value is -1.88. The molecule has 7 nitrogen and oxygen atoms in total. The molecule has 0 saturated carbocycles. The van der Waals surface area contributed by atoms with E-state index in [-0.39, 0.29) is 24.0 Å². The Balaban J connectivity index is 0.00000225. The molecule has 1 saturated heterocycles. The van der Waals surface area contributed by atoms with Crippen molar-refractivity contribution in [1.29, 1.82) is 0 Å². The van der Waals surface area contributed by atoms with Crippen LogP contribution < -0.4 is 10.2 Å². The Kier molecular flexibility index (Phi) is 7.11. The number of hydrogen-bond acceptors (Lipinski definition) is 5. The van der Waals surface area contributed by atoms with Crippen molar-refractivity contribution in [3.63, 3.8) is 0 Å². The number of piperazine rings is 1. The maximum atomic E-state index is 4.60. The summed E-state index contributed by atoms with van der Waals surface area (Å²) < 4.78 is 4.40. The molecule has 0 radical (unpaired) electrons. The number of anilines is 1. The lowest BCUT2D eigenvalue weighted by atomic mass is 10.2. The minimum Gasteiger partial charge on any atom is -0.357 e. The number of benzene rings is 1. The molecule has 2 aromatic heterocycles. The van der Waals surface area contributed by atoms with Crippen LogP contribution in [0.3, 0.4) is 0 Å². The number of para-hydroxylation sites is 1. The van der Waals surface area contributed by atoms with Gasteiger partial charge >= 0.3 is 0 Å². The van der Waals surface area contributed by atoms with Gasteiger partial charge in [-0.05, 0) is 17.5 Å². The molecule has 0 amide bonds. The second kappa shape index (κ2) is 9.55. The smallest absolute Gasteiger partial charge is 0.205 e. The van der Waals surface area contributed by atoms with Gasteiger partial charge in [-0.3, -0.25) is 4.99 Å². The fraction of sp³-hybridized carbons (Fsp3) is 0.421. The Labute approximate surface area is 186 Å². The first kappa shape index (κ1) is 20.8. The number of aromatic amines is 1. The maximum Gasteiger partial charge on any atom is 0.205 e. The summed E-state index contributed by atoms with van der Waals surface area (Å²) >= 11 is 1.50. The molecule has 150 valence electrons. The molecule has 1 aliphatic rings. The van der Waals surface area contributed by atoms with Gasteiger partial charge in [0.25, 0.3) is 0 Å². The Bertz CT molecular complexity index is 894. The summed E-state index contributed by atoms with van der Waals surface area (Å²) in [5, 5.41) is 5.76. The number of H-pyrrole nitrogens is 1. The number of aryl methyl sites for hydroxylation is 1. The second-order valence-corrected chi connectivity index (χ2v) is 7.33. The normalized spacial score (nSPS) is 15.0. The minimum absolute atomic E-state index is 0. The topological polar surface area (TPSA) is 72.4 Å². The van der Waals surface area contributed by atoms with Crippen molar-refractivity contribution in [1.82, 2.24) is 24.6 Å². The molecule has 1 aromatic carbocycles. The van der Waals surface area contributed by atoms with E-state index >= 15 is 0 Å². The highest BCUT2D eigenvalue weighted by atomic mass is 127. The average Bonchev–Trinajstić information content (AvgIpc) is 3.35. The van der Waals surface area contributed by atoms with Crippen LogP contribution in [0.25, 0.3) is 10.9 Å². The molecule has 3 heterocycles. The first-order chi connectivity index (χ1) is 13.3. The Morgan fingerprint density at radius 1 is 1.25 bits per heavy atom. The van der Waals surface area contributed by atoms with Crippen LogP contribution in [-0.4, -0.2) is 58.4 Å². The molecular weight excluding hydrogens is 485 g/mol. The summed E-state index contributed by atoms with van der Waals surface area (Å²) in [7, 11) is 1.85. The SMILES string of the molecule is CCc1nsc(N2CCN(C(=NC)NCc3cc4ccccc4[nH]3)CC2)n1.I. The number of fused-ring (bicyclic) bond motifs is 1. The van der Waals surface area contributed by atoms with Crippen LogP contribution in [0.5, 0.6) is 0 Å². The zero-order valence-corrected chi connectivity index (χ0v) is 19.3. The van der Waals surface area contributed by atoms with E-state index < -0.39 is 0 Å². The highest BCUT2D eigenvalue weighted by Crippen LogP contribution is 2.19. The van der Waals surface area contributed by atoms with E-state index in [4.69, 9.17) is 0 Å². The first-order valence-corrected chi connectivity index (χ1v) is 10.1. The van der Waals surface area contributed by atoms with Gasteiger partial charge in [-0.15, -0.1) is 24.0 Å². The van der Waals surface area contributed by atoms with Crippen molar-refractivity contribution in [3.05, 3.63) is 41.9 Å². The summed E-state index contributed by atoms with van der Waals surface area (Å²) in [6, 6.07) is 10.5. The highest BCUT2D eigenvalue weighted by molar-refractivity contribution is 14.0. The number of nitrogens with one attached hydrogen (secondary N) is 2. The number of nitrogens with zero attached hydrogens (tertiary/aromatic N) is 5. The molecule has 3 aromatic rings. The number of rotatable bonds is 4. The lowest BCUT2D eigenvalue weighted by molar-refractivity contribution is 0.372. The van der Waals surface area contributed by atoms with Gasteiger partial charge < -0.3 is 20.1 Å². The van der Waals surface area contributed by atoms with Gasteiger partial charge in [0.05, 0.1) is 6.54 Å². The number of aromatic nitrogens is 3. The van der Waals surface area contributed by atoms with E-state index in [1.54, 1.807) is 0 Å². The molecule has 28 heavy (non-hydrogen) atoms. The van der Waals surface area contributed by atoms with Crippen molar-refractivity contribution in [3.8, 4) is 0 Å². The van der Waals surface area contributed by atoms with E-state index in [9.17, 15) is 0 Å². The number of aliphatic imine (C=N–C) groups is 1. The standard InChI is InChI=1S/C19H25N7S.HI/c1-3-17-23-19(27-24-17)26-10-8-25(9-11-26)18(20-2)21-13-15-12-14-6-4-5-7-16(14)22-15;/h4-7,12,22H,3,8-11,13H2,1-2H3,(H,20,21);1H. The van der Waals surface area contributed by atoms with E-state index in [0.717, 1.165) is 61.8 Å². The quantitative estimate of drug-likeness (QED) is 0.320. The van der Waals surface area contributed by atoms with Gasteiger partial charge in [0.2, 0.25) is 5.13 Å². The number of guanidine groups is 1. The third-order valence-electron chi connectivity index (χ3n) is 4.86. The van der Waals surface area contributed by atoms with Crippen LogP contribution in [-0.2, 0) is 13.0 Å². The molecule has 0 atom stereocenters. The molecule has 1 fully saturated rings. The monoisotopic (exact) mass is 511 g/mol. The van der Waals surface area contributed by atoms with Gasteiger partial charge in [0, 0.05) is 62.4 Å². The molecule has 0 aliphatic carbocycles. The predicted octanol–water partition coefficient (Wildman–Crippen LogP) is 3.10. The summed E-state index contributed by atoms with van der Waals surface area (Å²) in [5.41, 5.74) is 2.33. The minimum atomic E-state index is 0. The average molecular weight is 511 g/mol. The van der Waals surface area contributed by atoms with Crippen molar-refractivity contribution >= 4 is 57.5 Å². The summed E-state index contributed by atoms with van der Waals surface area (Å²) in [4.78, 5) is 17.2. The van der Waals surface area contributed by atoms with Crippen molar-refractivity contribution in [2.75, 3.05) is 38.1 Å².